The van der Waals surface area contributed by atoms with Crippen LogP contribution in [0.1, 0.15) is 5.69 Å². The maximum absolute atomic E-state index is 12.5. The molecule has 0 aliphatic heterocycles. The molecule has 0 radical (unpaired) electrons. The summed E-state index contributed by atoms with van der Waals surface area (Å²) in [5.41, 5.74) is 8.59. The number of hydrogen-bond donors (Lipinski definition) is 1. The number of benzene rings is 2. The van der Waals surface area contributed by atoms with Gasteiger partial charge in [0.25, 0.3) is 0 Å². The predicted octanol–water partition coefficient (Wildman–Crippen LogP) is 3.55. The quantitative estimate of drug-likeness (QED) is 0.764. The second-order valence-corrected chi connectivity index (χ2v) is 5.84. The molecular formula is C17H14BrN3O. The Balaban J connectivity index is 2.29. The Kier molecular flexibility index (Phi) is 3.81. The van der Waals surface area contributed by atoms with Crippen LogP contribution in [0.3, 0.4) is 0 Å². The molecule has 110 valence electrons. The number of halogens is 1. The SMILES string of the molecule is Cc1nn(-c2ccccc2)c(N)c(-c2ccc(Br)cc2)c1=O. The van der Waals surface area contributed by atoms with Gasteiger partial charge in [-0.3, -0.25) is 4.79 Å². The average Bonchev–Trinajstić information content (AvgIpc) is 2.54. The molecule has 1 aromatic heterocycles. The van der Waals surface area contributed by atoms with Gasteiger partial charge in [-0.2, -0.15) is 5.10 Å². The first-order valence-electron chi connectivity index (χ1n) is 6.78. The van der Waals surface area contributed by atoms with Gasteiger partial charge in [-0.05, 0) is 36.8 Å². The molecule has 0 bridgehead atoms. The van der Waals surface area contributed by atoms with E-state index in [0.717, 1.165) is 15.7 Å². The number of nitrogens with zero attached hydrogens (tertiary/aromatic N) is 2. The molecule has 3 rings (SSSR count). The normalized spacial score (nSPS) is 10.6. The zero-order valence-corrected chi connectivity index (χ0v) is 13.5. The molecule has 0 atom stereocenters. The maximum atomic E-state index is 12.5. The molecule has 3 aromatic rings. The fraction of sp³-hybridized carbons (Fsp3) is 0.0588. The Bertz CT molecular complexity index is 871. The smallest absolute Gasteiger partial charge is 0.213 e. The summed E-state index contributed by atoms with van der Waals surface area (Å²) >= 11 is 3.39. The molecule has 2 aromatic carbocycles. The van der Waals surface area contributed by atoms with E-state index in [4.69, 9.17) is 5.73 Å². The third kappa shape index (κ3) is 2.55. The van der Waals surface area contributed by atoms with Gasteiger partial charge < -0.3 is 5.73 Å². The largest absolute Gasteiger partial charge is 0.383 e. The van der Waals surface area contributed by atoms with E-state index in [1.54, 1.807) is 11.6 Å². The van der Waals surface area contributed by atoms with E-state index in [1.807, 2.05) is 54.6 Å². The monoisotopic (exact) mass is 355 g/mol. The first kappa shape index (κ1) is 14.5. The summed E-state index contributed by atoms with van der Waals surface area (Å²) in [6.45, 7) is 1.70. The topological polar surface area (TPSA) is 60.9 Å². The number of aromatic nitrogens is 2. The summed E-state index contributed by atoms with van der Waals surface area (Å²) in [5, 5.41) is 4.32. The lowest BCUT2D eigenvalue weighted by Gasteiger charge is -2.14. The first-order valence-corrected chi connectivity index (χ1v) is 7.58. The van der Waals surface area contributed by atoms with Crippen molar-refractivity contribution >= 4 is 21.7 Å². The van der Waals surface area contributed by atoms with Crippen molar-refractivity contribution in [2.24, 2.45) is 0 Å². The molecule has 4 nitrogen and oxygen atoms in total. The third-order valence-corrected chi connectivity index (χ3v) is 3.95. The van der Waals surface area contributed by atoms with Gasteiger partial charge in [-0.15, -0.1) is 0 Å². The lowest BCUT2D eigenvalue weighted by atomic mass is 10.1. The number of rotatable bonds is 2. The summed E-state index contributed by atoms with van der Waals surface area (Å²) in [6.07, 6.45) is 0. The number of hydrogen-bond acceptors (Lipinski definition) is 3. The van der Waals surface area contributed by atoms with Crippen LogP contribution in [0.25, 0.3) is 16.8 Å². The number of anilines is 1. The van der Waals surface area contributed by atoms with E-state index < -0.39 is 0 Å². The highest BCUT2D eigenvalue weighted by molar-refractivity contribution is 9.10. The van der Waals surface area contributed by atoms with Crippen LogP contribution >= 0.6 is 15.9 Å². The van der Waals surface area contributed by atoms with Gasteiger partial charge in [0.05, 0.1) is 11.3 Å². The van der Waals surface area contributed by atoms with E-state index in [0.29, 0.717) is 17.1 Å². The van der Waals surface area contributed by atoms with Gasteiger partial charge in [0, 0.05) is 4.47 Å². The fourth-order valence-electron chi connectivity index (χ4n) is 2.31. The predicted molar refractivity (Wildman–Crippen MR) is 92.1 cm³/mol. The molecule has 0 aliphatic carbocycles. The summed E-state index contributed by atoms with van der Waals surface area (Å²) in [5.74, 6) is 0.337. The molecule has 0 fully saturated rings. The highest BCUT2D eigenvalue weighted by Crippen LogP contribution is 2.25. The van der Waals surface area contributed by atoms with Crippen LogP contribution in [0, 0.1) is 6.92 Å². The minimum atomic E-state index is -0.146. The van der Waals surface area contributed by atoms with E-state index >= 15 is 0 Å². The summed E-state index contributed by atoms with van der Waals surface area (Å²) in [7, 11) is 0. The Morgan fingerprint density at radius 2 is 1.68 bits per heavy atom. The van der Waals surface area contributed by atoms with Crippen LogP contribution in [0.15, 0.2) is 63.9 Å². The van der Waals surface area contributed by atoms with Crippen molar-refractivity contribution in [3.05, 3.63) is 75.0 Å². The molecule has 2 N–H and O–H groups in total. The minimum Gasteiger partial charge on any atom is -0.383 e. The van der Waals surface area contributed by atoms with Gasteiger partial charge in [0.1, 0.15) is 11.5 Å². The standard InChI is InChI=1S/C17H14BrN3O/c1-11-16(22)15(12-7-9-13(18)10-8-12)17(19)21(20-11)14-5-3-2-4-6-14/h2-10H,19H2,1H3. The molecular weight excluding hydrogens is 342 g/mol. The molecule has 0 amide bonds. The van der Waals surface area contributed by atoms with E-state index in [1.165, 1.54) is 0 Å². The second-order valence-electron chi connectivity index (χ2n) is 4.93. The highest BCUT2D eigenvalue weighted by Gasteiger charge is 2.15. The molecule has 0 aliphatic rings. The van der Waals surface area contributed by atoms with Crippen molar-refractivity contribution in [3.63, 3.8) is 0 Å². The summed E-state index contributed by atoms with van der Waals surface area (Å²) in [6, 6.07) is 17.0. The Labute approximate surface area is 136 Å². The second kappa shape index (κ2) is 5.77. The number of aryl methyl sites for hydroxylation is 1. The van der Waals surface area contributed by atoms with Crippen LogP contribution in [-0.4, -0.2) is 9.78 Å². The van der Waals surface area contributed by atoms with Gasteiger partial charge in [-0.25, -0.2) is 4.68 Å². The van der Waals surface area contributed by atoms with Crippen molar-refractivity contribution in [2.45, 2.75) is 6.92 Å². The summed E-state index contributed by atoms with van der Waals surface area (Å²) < 4.78 is 2.55. The van der Waals surface area contributed by atoms with Crippen molar-refractivity contribution < 1.29 is 0 Å². The van der Waals surface area contributed by atoms with E-state index in [9.17, 15) is 4.79 Å². The third-order valence-electron chi connectivity index (χ3n) is 3.42. The molecule has 1 heterocycles. The van der Waals surface area contributed by atoms with Crippen LogP contribution in [-0.2, 0) is 0 Å². The molecule has 0 saturated heterocycles. The molecule has 0 spiro atoms. The lowest BCUT2D eigenvalue weighted by molar-refractivity contribution is 0.824. The van der Waals surface area contributed by atoms with Crippen molar-refractivity contribution in [2.75, 3.05) is 5.73 Å². The molecule has 22 heavy (non-hydrogen) atoms. The lowest BCUT2D eigenvalue weighted by Crippen LogP contribution is -2.21. The van der Waals surface area contributed by atoms with Crippen LogP contribution in [0.4, 0.5) is 5.82 Å². The Morgan fingerprint density at radius 1 is 1.05 bits per heavy atom. The molecule has 0 unspecified atom stereocenters. The van der Waals surface area contributed by atoms with E-state index in [-0.39, 0.29) is 5.43 Å². The van der Waals surface area contributed by atoms with Gasteiger partial charge in [-0.1, -0.05) is 46.3 Å². The van der Waals surface area contributed by atoms with Crippen LogP contribution < -0.4 is 11.2 Å². The average molecular weight is 356 g/mol. The van der Waals surface area contributed by atoms with Gasteiger partial charge in [0.2, 0.25) is 5.43 Å². The van der Waals surface area contributed by atoms with Crippen molar-refractivity contribution in [1.29, 1.82) is 0 Å². The van der Waals surface area contributed by atoms with Crippen LogP contribution in [0.2, 0.25) is 0 Å². The van der Waals surface area contributed by atoms with Crippen LogP contribution in [0.5, 0.6) is 0 Å². The minimum absolute atomic E-state index is 0.146. The summed E-state index contributed by atoms with van der Waals surface area (Å²) in [4.78, 5) is 12.5. The highest BCUT2D eigenvalue weighted by atomic mass is 79.9. The Morgan fingerprint density at radius 3 is 2.32 bits per heavy atom. The van der Waals surface area contributed by atoms with Gasteiger partial charge >= 0.3 is 0 Å². The number of para-hydroxylation sites is 1. The van der Waals surface area contributed by atoms with Crippen molar-refractivity contribution in [1.82, 2.24) is 9.78 Å². The fourth-order valence-corrected chi connectivity index (χ4v) is 2.58. The number of nitrogen functional groups attached to an aromatic ring is 1. The van der Waals surface area contributed by atoms with E-state index in [2.05, 4.69) is 21.0 Å². The van der Waals surface area contributed by atoms with Gasteiger partial charge in [0.15, 0.2) is 0 Å². The molecule has 5 heteroatoms. The zero-order valence-electron chi connectivity index (χ0n) is 12.0. The Hall–Kier alpha value is -2.40. The molecule has 0 saturated carbocycles. The van der Waals surface area contributed by atoms with Crippen molar-refractivity contribution in [3.8, 4) is 16.8 Å². The maximum Gasteiger partial charge on any atom is 0.213 e. The zero-order chi connectivity index (χ0) is 15.7. The first-order chi connectivity index (χ1) is 10.6. The number of nitrogens with two attached hydrogens (primary N) is 1.